The molecule has 0 amide bonds. The number of aliphatic hydroxyl groups excluding tert-OH is 1. The molecule has 0 bridgehead atoms. The number of hydrogen-bond donors (Lipinski definition) is 1. The van der Waals surface area contributed by atoms with Gasteiger partial charge in [-0.1, -0.05) is 50.1 Å². The summed E-state index contributed by atoms with van der Waals surface area (Å²) in [7, 11) is 0. The normalized spacial score (nSPS) is 15.2. The Bertz CT molecular complexity index is 309. The summed E-state index contributed by atoms with van der Waals surface area (Å²) >= 11 is 6.13. The van der Waals surface area contributed by atoms with Gasteiger partial charge >= 0.3 is 0 Å². The van der Waals surface area contributed by atoms with Gasteiger partial charge in [-0.2, -0.15) is 0 Å². The number of benzene rings is 1. The van der Waals surface area contributed by atoms with E-state index in [9.17, 15) is 5.11 Å². The molecule has 0 aromatic heterocycles. The van der Waals surface area contributed by atoms with Crippen molar-refractivity contribution in [2.24, 2.45) is 5.92 Å². The minimum Gasteiger partial charge on any atom is -0.388 e. The molecule has 0 heterocycles. The topological polar surface area (TPSA) is 20.2 Å². The Balaban J connectivity index is 3.01. The molecule has 0 fully saturated rings. The zero-order valence-electron chi connectivity index (χ0n) is 8.92. The second-order valence-corrected chi connectivity index (χ2v) is 4.19. The predicted molar refractivity (Wildman–Crippen MR) is 60.6 cm³/mol. The van der Waals surface area contributed by atoms with Crippen molar-refractivity contribution in [3.63, 3.8) is 0 Å². The van der Waals surface area contributed by atoms with E-state index in [-0.39, 0.29) is 5.92 Å². The van der Waals surface area contributed by atoms with Crippen LogP contribution in [0.1, 0.15) is 37.5 Å². The summed E-state index contributed by atoms with van der Waals surface area (Å²) in [5.41, 5.74) is 1.87. The van der Waals surface area contributed by atoms with Crippen LogP contribution in [0.15, 0.2) is 18.2 Å². The Morgan fingerprint density at radius 3 is 2.64 bits per heavy atom. The summed E-state index contributed by atoms with van der Waals surface area (Å²) in [6.07, 6.45) is 0.498. The first-order valence-corrected chi connectivity index (χ1v) is 5.38. The van der Waals surface area contributed by atoms with Gasteiger partial charge in [0.1, 0.15) is 0 Å². The van der Waals surface area contributed by atoms with Gasteiger partial charge in [0.2, 0.25) is 0 Å². The first kappa shape index (κ1) is 11.5. The number of hydrogen-bond acceptors (Lipinski definition) is 1. The Labute approximate surface area is 90.7 Å². The highest BCUT2D eigenvalue weighted by Gasteiger charge is 2.17. The Morgan fingerprint density at radius 1 is 1.43 bits per heavy atom. The zero-order chi connectivity index (χ0) is 10.7. The molecule has 14 heavy (non-hydrogen) atoms. The molecule has 78 valence electrons. The monoisotopic (exact) mass is 212 g/mol. The lowest BCUT2D eigenvalue weighted by molar-refractivity contribution is 0.115. The van der Waals surface area contributed by atoms with E-state index in [1.807, 2.05) is 32.0 Å². The predicted octanol–water partition coefficient (Wildman–Crippen LogP) is 3.73. The van der Waals surface area contributed by atoms with Crippen LogP contribution >= 0.6 is 11.6 Å². The minimum atomic E-state index is -0.451. The van der Waals surface area contributed by atoms with Crippen LogP contribution < -0.4 is 0 Å². The second-order valence-electron chi connectivity index (χ2n) is 3.81. The maximum absolute atomic E-state index is 10.0. The third-order valence-electron chi connectivity index (χ3n) is 2.72. The molecule has 0 saturated heterocycles. The van der Waals surface area contributed by atoms with Gasteiger partial charge in [0, 0.05) is 5.02 Å². The van der Waals surface area contributed by atoms with E-state index in [2.05, 4.69) is 6.92 Å². The zero-order valence-corrected chi connectivity index (χ0v) is 9.67. The van der Waals surface area contributed by atoms with Gasteiger partial charge < -0.3 is 5.11 Å². The van der Waals surface area contributed by atoms with Crippen molar-refractivity contribution in [2.45, 2.75) is 33.3 Å². The highest BCUT2D eigenvalue weighted by Crippen LogP contribution is 2.31. The third-order valence-corrected chi connectivity index (χ3v) is 3.24. The molecule has 0 aliphatic heterocycles. The van der Waals surface area contributed by atoms with Crippen LogP contribution in [-0.4, -0.2) is 5.11 Å². The van der Waals surface area contributed by atoms with Crippen molar-refractivity contribution in [1.82, 2.24) is 0 Å². The van der Waals surface area contributed by atoms with Crippen LogP contribution in [0.25, 0.3) is 0 Å². The molecule has 1 aromatic carbocycles. The molecule has 1 nitrogen and oxygen atoms in total. The maximum atomic E-state index is 10.0. The Kier molecular flexibility index (Phi) is 3.97. The summed E-state index contributed by atoms with van der Waals surface area (Å²) < 4.78 is 0. The molecule has 1 rings (SSSR count). The molecule has 0 radical (unpaired) electrons. The molecule has 1 N–H and O–H groups in total. The second kappa shape index (κ2) is 4.81. The minimum absolute atomic E-state index is 0.245. The van der Waals surface area contributed by atoms with Crippen molar-refractivity contribution in [3.8, 4) is 0 Å². The number of rotatable bonds is 3. The van der Waals surface area contributed by atoms with Crippen molar-refractivity contribution in [3.05, 3.63) is 34.3 Å². The Morgan fingerprint density at radius 2 is 2.07 bits per heavy atom. The van der Waals surface area contributed by atoms with E-state index >= 15 is 0 Å². The smallest absolute Gasteiger partial charge is 0.0829 e. The first-order chi connectivity index (χ1) is 6.57. The van der Waals surface area contributed by atoms with E-state index in [0.717, 1.165) is 17.5 Å². The first-order valence-electron chi connectivity index (χ1n) is 5.01. The van der Waals surface area contributed by atoms with Crippen molar-refractivity contribution in [1.29, 1.82) is 0 Å². The van der Waals surface area contributed by atoms with E-state index in [1.165, 1.54) is 0 Å². The highest BCUT2D eigenvalue weighted by atomic mass is 35.5. The van der Waals surface area contributed by atoms with Crippen molar-refractivity contribution in [2.75, 3.05) is 0 Å². The SMILES string of the molecule is CCC(C)C(O)c1cccc(C)c1Cl. The third kappa shape index (κ3) is 2.28. The van der Waals surface area contributed by atoms with Crippen molar-refractivity contribution < 1.29 is 5.11 Å². The molecular formula is C12H17ClO. The van der Waals surface area contributed by atoms with E-state index in [1.54, 1.807) is 0 Å². The molecule has 1 aromatic rings. The summed E-state index contributed by atoms with van der Waals surface area (Å²) in [6.45, 7) is 6.05. The van der Waals surface area contributed by atoms with Crippen LogP contribution in [0, 0.1) is 12.8 Å². The van der Waals surface area contributed by atoms with Crippen LogP contribution in [-0.2, 0) is 0 Å². The van der Waals surface area contributed by atoms with Crippen LogP contribution in [0.3, 0.4) is 0 Å². The molecule has 0 spiro atoms. The average Bonchev–Trinajstić information content (AvgIpc) is 2.20. The molecule has 2 heteroatoms. The molecule has 2 atom stereocenters. The largest absolute Gasteiger partial charge is 0.388 e. The summed E-state index contributed by atoms with van der Waals surface area (Å²) in [5, 5.41) is 10.7. The lowest BCUT2D eigenvalue weighted by atomic mass is 9.94. The van der Waals surface area contributed by atoms with E-state index < -0.39 is 6.10 Å². The van der Waals surface area contributed by atoms with Gasteiger partial charge in [0.25, 0.3) is 0 Å². The van der Waals surface area contributed by atoms with E-state index in [0.29, 0.717) is 5.02 Å². The molecule has 0 aliphatic rings. The fraction of sp³-hybridized carbons (Fsp3) is 0.500. The van der Waals surface area contributed by atoms with Gasteiger partial charge in [-0.15, -0.1) is 0 Å². The lowest BCUT2D eigenvalue weighted by Crippen LogP contribution is -2.08. The summed E-state index contributed by atoms with van der Waals surface area (Å²) in [6, 6.07) is 5.78. The maximum Gasteiger partial charge on any atom is 0.0829 e. The van der Waals surface area contributed by atoms with E-state index in [4.69, 9.17) is 11.6 Å². The molecule has 0 aliphatic carbocycles. The van der Waals surface area contributed by atoms with Gasteiger partial charge in [-0.3, -0.25) is 0 Å². The van der Waals surface area contributed by atoms with Crippen LogP contribution in [0.5, 0.6) is 0 Å². The standard InChI is InChI=1S/C12H17ClO/c1-4-8(2)12(14)10-7-5-6-9(3)11(10)13/h5-8,12,14H,4H2,1-3H3. The fourth-order valence-electron chi connectivity index (χ4n) is 1.43. The fourth-order valence-corrected chi connectivity index (χ4v) is 1.67. The summed E-state index contributed by atoms with van der Waals surface area (Å²) in [4.78, 5) is 0. The van der Waals surface area contributed by atoms with Crippen LogP contribution in [0.2, 0.25) is 5.02 Å². The van der Waals surface area contributed by atoms with Crippen LogP contribution in [0.4, 0.5) is 0 Å². The van der Waals surface area contributed by atoms with Gasteiger partial charge in [0.15, 0.2) is 0 Å². The van der Waals surface area contributed by atoms with Gasteiger partial charge in [-0.05, 0) is 24.0 Å². The Hall–Kier alpha value is -0.530. The average molecular weight is 213 g/mol. The number of aliphatic hydroxyl groups is 1. The number of aryl methyl sites for hydroxylation is 1. The number of halogens is 1. The molecule has 2 unspecified atom stereocenters. The van der Waals surface area contributed by atoms with Crippen molar-refractivity contribution >= 4 is 11.6 Å². The summed E-state index contributed by atoms with van der Waals surface area (Å²) in [5.74, 6) is 0.245. The molecule has 0 saturated carbocycles. The quantitative estimate of drug-likeness (QED) is 0.810. The highest BCUT2D eigenvalue weighted by molar-refractivity contribution is 6.32. The molecular weight excluding hydrogens is 196 g/mol. The lowest BCUT2D eigenvalue weighted by Gasteiger charge is -2.19. The van der Waals surface area contributed by atoms with Gasteiger partial charge in [-0.25, -0.2) is 0 Å². The van der Waals surface area contributed by atoms with Gasteiger partial charge in [0.05, 0.1) is 6.10 Å².